The Morgan fingerprint density at radius 3 is 2.93 bits per heavy atom. The molecule has 2 saturated heterocycles. The van der Waals surface area contributed by atoms with Crippen molar-refractivity contribution < 1.29 is 4.79 Å². The summed E-state index contributed by atoms with van der Waals surface area (Å²) in [6, 6.07) is 6.87. The Hall–Kier alpha value is -1.81. The van der Waals surface area contributed by atoms with Crippen LogP contribution < -0.4 is 5.32 Å². The molecule has 27 heavy (non-hydrogen) atoms. The molecule has 0 unspecified atom stereocenters. The van der Waals surface area contributed by atoms with Gasteiger partial charge in [-0.25, -0.2) is 0 Å². The molecule has 0 saturated carbocycles. The van der Waals surface area contributed by atoms with Crippen LogP contribution in [0.1, 0.15) is 66.6 Å². The van der Waals surface area contributed by atoms with E-state index in [1.165, 1.54) is 80.2 Å². The fourth-order valence-electron chi connectivity index (χ4n) is 5.69. The van der Waals surface area contributed by atoms with Crippen molar-refractivity contribution >= 4 is 16.8 Å². The van der Waals surface area contributed by atoms with E-state index in [4.69, 9.17) is 0 Å². The van der Waals surface area contributed by atoms with Gasteiger partial charge in [0.1, 0.15) is 0 Å². The SMILES string of the molecule is O=C(NC[C@@H]1CCCN2CCCC[C@H]12)c1ccc2[nH]c3c(c2c1)CCCC3. The summed E-state index contributed by atoms with van der Waals surface area (Å²) in [5, 5.41) is 4.52. The van der Waals surface area contributed by atoms with Gasteiger partial charge in [0.2, 0.25) is 0 Å². The van der Waals surface area contributed by atoms with Crippen molar-refractivity contribution in [2.75, 3.05) is 19.6 Å². The van der Waals surface area contributed by atoms with Crippen LogP contribution in [-0.4, -0.2) is 41.5 Å². The summed E-state index contributed by atoms with van der Waals surface area (Å²) >= 11 is 0. The number of aromatic nitrogens is 1. The van der Waals surface area contributed by atoms with Crippen LogP contribution in [0.3, 0.4) is 0 Å². The molecule has 3 aliphatic rings. The Balaban J connectivity index is 1.29. The number of aryl methyl sites for hydroxylation is 2. The Kier molecular flexibility index (Phi) is 4.68. The van der Waals surface area contributed by atoms with Gasteiger partial charge in [-0.15, -0.1) is 0 Å². The third-order valence-corrected chi connectivity index (χ3v) is 7.11. The number of amides is 1. The highest BCUT2D eigenvalue weighted by Crippen LogP contribution is 2.31. The Labute approximate surface area is 161 Å². The van der Waals surface area contributed by atoms with Gasteiger partial charge in [0.25, 0.3) is 5.91 Å². The van der Waals surface area contributed by atoms with Crippen LogP contribution in [0.15, 0.2) is 18.2 Å². The molecule has 1 aromatic heterocycles. The number of carbonyl (C=O) groups is 1. The van der Waals surface area contributed by atoms with Crippen LogP contribution in [0.2, 0.25) is 0 Å². The number of hydrogen-bond acceptors (Lipinski definition) is 2. The third kappa shape index (κ3) is 3.29. The van der Waals surface area contributed by atoms with Gasteiger partial charge in [-0.2, -0.15) is 0 Å². The second-order valence-corrected chi connectivity index (χ2v) is 8.76. The first kappa shape index (κ1) is 17.3. The zero-order chi connectivity index (χ0) is 18.2. The fourth-order valence-corrected chi connectivity index (χ4v) is 5.69. The summed E-state index contributed by atoms with van der Waals surface area (Å²) < 4.78 is 0. The molecular formula is C23H31N3O. The molecule has 0 bridgehead atoms. The number of nitrogens with one attached hydrogen (secondary N) is 2. The maximum Gasteiger partial charge on any atom is 0.251 e. The highest BCUT2D eigenvalue weighted by atomic mass is 16.1. The molecule has 4 heteroatoms. The zero-order valence-corrected chi connectivity index (χ0v) is 16.2. The maximum absolute atomic E-state index is 12.8. The van der Waals surface area contributed by atoms with Crippen molar-refractivity contribution in [3.05, 3.63) is 35.0 Å². The minimum atomic E-state index is 0.0931. The predicted octanol–water partition coefficient (Wildman–Crippen LogP) is 4.04. The molecule has 1 amide bonds. The highest BCUT2D eigenvalue weighted by Gasteiger charge is 2.33. The summed E-state index contributed by atoms with van der Waals surface area (Å²) in [6.45, 7) is 3.33. The van der Waals surface area contributed by atoms with Gasteiger partial charge in [0.05, 0.1) is 0 Å². The van der Waals surface area contributed by atoms with E-state index in [9.17, 15) is 4.79 Å². The lowest BCUT2D eigenvalue weighted by atomic mass is 9.83. The molecule has 4 nitrogen and oxygen atoms in total. The largest absolute Gasteiger partial charge is 0.358 e. The highest BCUT2D eigenvalue weighted by molar-refractivity contribution is 5.99. The van der Waals surface area contributed by atoms with E-state index in [-0.39, 0.29) is 5.91 Å². The lowest BCUT2D eigenvalue weighted by molar-refractivity contribution is 0.0575. The summed E-state index contributed by atoms with van der Waals surface area (Å²) in [7, 11) is 0. The summed E-state index contributed by atoms with van der Waals surface area (Å²) in [5.41, 5.74) is 4.82. The number of rotatable bonds is 3. The Bertz CT molecular complexity index is 838. The second kappa shape index (κ2) is 7.31. The van der Waals surface area contributed by atoms with Crippen molar-refractivity contribution in [2.24, 2.45) is 5.92 Å². The molecule has 2 atom stereocenters. The van der Waals surface area contributed by atoms with Crippen molar-refractivity contribution in [3.63, 3.8) is 0 Å². The molecule has 3 heterocycles. The van der Waals surface area contributed by atoms with Crippen LogP contribution >= 0.6 is 0 Å². The number of benzene rings is 1. The topological polar surface area (TPSA) is 48.1 Å². The first-order valence-corrected chi connectivity index (χ1v) is 11.0. The second-order valence-electron chi connectivity index (χ2n) is 8.76. The van der Waals surface area contributed by atoms with E-state index >= 15 is 0 Å². The molecule has 2 N–H and O–H groups in total. The van der Waals surface area contributed by atoms with Crippen LogP contribution in [-0.2, 0) is 12.8 Å². The predicted molar refractivity (Wildman–Crippen MR) is 109 cm³/mol. The molecule has 1 aromatic carbocycles. The van der Waals surface area contributed by atoms with Gasteiger partial charge in [-0.05, 0) is 94.1 Å². The van der Waals surface area contributed by atoms with E-state index < -0.39 is 0 Å². The summed E-state index contributed by atoms with van der Waals surface area (Å²) in [5.74, 6) is 0.711. The van der Waals surface area contributed by atoms with Crippen LogP contribution in [0.4, 0.5) is 0 Å². The maximum atomic E-state index is 12.8. The average molecular weight is 366 g/mol. The number of nitrogens with zero attached hydrogens (tertiary/aromatic N) is 1. The Morgan fingerprint density at radius 2 is 1.96 bits per heavy atom. The van der Waals surface area contributed by atoms with E-state index in [1.54, 1.807) is 0 Å². The minimum absolute atomic E-state index is 0.0931. The van der Waals surface area contributed by atoms with E-state index in [0.717, 1.165) is 24.9 Å². The van der Waals surface area contributed by atoms with Gasteiger partial charge >= 0.3 is 0 Å². The number of fused-ring (bicyclic) bond motifs is 4. The number of aromatic amines is 1. The van der Waals surface area contributed by atoms with Gasteiger partial charge in [-0.3, -0.25) is 4.79 Å². The van der Waals surface area contributed by atoms with Crippen LogP contribution in [0.5, 0.6) is 0 Å². The van der Waals surface area contributed by atoms with Gasteiger partial charge in [0.15, 0.2) is 0 Å². The summed E-state index contributed by atoms with van der Waals surface area (Å²) in [4.78, 5) is 19.1. The fraction of sp³-hybridized carbons (Fsp3) is 0.609. The lowest BCUT2D eigenvalue weighted by Gasteiger charge is -2.44. The van der Waals surface area contributed by atoms with E-state index in [0.29, 0.717) is 12.0 Å². The minimum Gasteiger partial charge on any atom is -0.358 e. The summed E-state index contributed by atoms with van der Waals surface area (Å²) in [6.07, 6.45) is 11.3. The van der Waals surface area contributed by atoms with Gasteiger partial charge in [-0.1, -0.05) is 6.42 Å². The molecule has 0 radical (unpaired) electrons. The van der Waals surface area contributed by atoms with Crippen molar-refractivity contribution in [3.8, 4) is 0 Å². The molecule has 144 valence electrons. The first-order chi connectivity index (χ1) is 13.3. The molecule has 2 aliphatic heterocycles. The molecule has 5 rings (SSSR count). The van der Waals surface area contributed by atoms with Crippen LogP contribution in [0.25, 0.3) is 10.9 Å². The third-order valence-electron chi connectivity index (χ3n) is 7.11. The van der Waals surface area contributed by atoms with Crippen molar-refractivity contribution in [1.29, 1.82) is 0 Å². The number of H-pyrrole nitrogens is 1. The van der Waals surface area contributed by atoms with Crippen LogP contribution in [0, 0.1) is 5.92 Å². The molecular weight excluding hydrogens is 334 g/mol. The lowest BCUT2D eigenvalue weighted by Crippen LogP contribution is -2.51. The average Bonchev–Trinajstić information content (AvgIpc) is 3.10. The van der Waals surface area contributed by atoms with E-state index in [2.05, 4.69) is 27.3 Å². The van der Waals surface area contributed by atoms with Crippen molar-refractivity contribution in [1.82, 2.24) is 15.2 Å². The van der Waals surface area contributed by atoms with Crippen molar-refractivity contribution in [2.45, 2.75) is 63.8 Å². The normalized spacial score (nSPS) is 25.8. The number of piperidine rings is 2. The molecule has 1 aliphatic carbocycles. The van der Waals surface area contributed by atoms with Gasteiger partial charge in [0, 0.05) is 34.7 Å². The quantitative estimate of drug-likeness (QED) is 0.862. The zero-order valence-electron chi connectivity index (χ0n) is 16.2. The van der Waals surface area contributed by atoms with E-state index in [1.807, 2.05) is 6.07 Å². The molecule has 2 fully saturated rings. The number of carbonyl (C=O) groups excluding carboxylic acids is 1. The monoisotopic (exact) mass is 365 g/mol. The van der Waals surface area contributed by atoms with Gasteiger partial charge < -0.3 is 15.2 Å². The molecule has 2 aromatic rings. The molecule has 0 spiro atoms. The standard InChI is InChI=1S/C23H31N3O/c27-23(24-15-17-6-5-13-26-12-4-3-9-22(17)26)16-10-11-21-19(14-16)18-7-1-2-8-20(18)25-21/h10-11,14,17,22,25H,1-9,12-13,15H2,(H,24,27)/t17-,22+/m0/s1. The number of hydrogen-bond donors (Lipinski definition) is 2. The first-order valence-electron chi connectivity index (χ1n) is 11.0. The Morgan fingerprint density at radius 1 is 1.07 bits per heavy atom. The smallest absolute Gasteiger partial charge is 0.251 e.